The van der Waals surface area contributed by atoms with E-state index in [-0.39, 0.29) is 5.60 Å². The highest BCUT2D eigenvalue weighted by molar-refractivity contribution is 4.96. The molecule has 15 heavy (non-hydrogen) atoms. The number of nitrogens with two attached hydrogens (primary N) is 1. The molecule has 0 aromatic heterocycles. The summed E-state index contributed by atoms with van der Waals surface area (Å²) in [5.74, 6) is 0. The van der Waals surface area contributed by atoms with Gasteiger partial charge in [0.05, 0.1) is 5.60 Å². The molecule has 0 bridgehead atoms. The Hall–Kier alpha value is -0.0800. The monoisotopic (exact) mass is 211 g/mol. The van der Waals surface area contributed by atoms with Crippen LogP contribution in [0.3, 0.4) is 0 Å². The van der Waals surface area contributed by atoms with E-state index in [1.165, 1.54) is 51.4 Å². The summed E-state index contributed by atoms with van der Waals surface area (Å²) < 4.78 is 5.90. The van der Waals surface area contributed by atoms with Gasteiger partial charge >= 0.3 is 0 Å². The van der Waals surface area contributed by atoms with Gasteiger partial charge in [0.2, 0.25) is 0 Å². The Bertz CT molecular complexity index is 199. The van der Waals surface area contributed by atoms with Gasteiger partial charge in [-0.15, -0.1) is 0 Å². The molecule has 0 unspecified atom stereocenters. The highest BCUT2D eigenvalue weighted by Crippen LogP contribution is 2.51. The first-order valence-corrected chi connectivity index (χ1v) is 6.58. The second kappa shape index (κ2) is 4.42. The number of ether oxygens (including phenoxy) is 1. The van der Waals surface area contributed by atoms with E-state index in [1.54, 1.807) is 0 Å². The molecule has 0 saturated heterocycles. The van der Waals surface area contributed by atoms with Gasteiger partial charge in [0.1, 0.15) is 0 Å². The van der Waals surface area contributed by atoms with Crippen molar-refractivity contribution in [2.75, 3.05) is 13.2 Å². The first-order valence-electron chi connectivity index (χ1n) is 6.58. The van der Waals surface area contributed by atoms with Crippen molar-refractivity contribution in [3.8, 4) is 0 Å². The summed E-state index contributed by atoms with van der Waals surface area (Å²) in [4.78, 5) is 0. The van der Waals surface area contributed by atoms with Crippen molar-refractivity contribution in [3.63, 3.8) is 0 Å². The third-order valence-corrected chi connectivity index (χ3v) is 4.71. The van der Waals surface area contributed by atoms with Gasteiger partial charge in [-0.05, 0) is 50.9 Å². The first kappa shape index (κ1) is 11.4. The van der Waals surface area contributed by atoms with Gasteiger partial charge in [-0.1, -0.05) is 12.8 Å². The van der Waals surface area contributed by atoms with Crippen molar-refractivity contribution in [1.29, 1.82) is 0 Å². The van der Waals surface area contributed by atoms with Crippen LogP contribution >= 0.6 is 0 Å². The van der Waals surface area contributed by atoms with Crippen LogP contribution in [-0.2, 0) is 4.74 Å². The lowest BCUT2D eigenvalue weighted by atomic mass is 9.67. The average Bonchev–Trinajstić information content (AvgIpc) is 2.72. The first-order chi connectivity index (χ1) is 7.24. The van der Waals surface area contributed by atoms with E-state index in [4.69, 9.17) is 10.5 Å². The Morgan fingerprint density at radius 3 is 2.07 bits per heavy atom. The smallest absolute Gasteiger partial charge is 0.0804 e. The van der Waals surface area contributed by atoms with Gasteiger partial charge in [0.25, 0.3) is 0 Å². The molecular weight excluding hydrogens is 186 g/mol. The van der Waals surface area contributed by atoms with Gasteiger partial charge < -0.3 is 10.5 Å². The summed E-state index contributed by atoms with van der Waals surface area (Å²) in [5.41, 5.74) is 6.61. The van der Waals surface area contributed by atoms with Crippen molar-refractivity contribution in [3.05, 3.63) is 0 Å². The number of hydrogen-bond donors (Lipinski definition) is 1. The third kappa shape index (κ3) is 2.21. The molecule has 2 heteroatoms. The lowest BCUT2D eigenvalue weighted by Crippen LogP contribution is -2.46. The Morgan fingerprint density at radius 1 is 1.00 bits per heavy atom. The average molecular weight is 211 g/mol. The Balaban J connectivity index is 1.94. The summed E-state index contributed by atoms with van der Waals surface area (Å²) in [6.45, 7) is 3.60. The molecule has 2 aliphatic rings. The van der Waals surface area contributed by atoms with E-state index in [0.717, 1.165) is 6.61 Å². The van der Waals surface area contributed by atoms with Crippen LogP contribution in [0.1, 0.15) is 58.3 Å². The van der Waals surface area contributed by atoms with Crippen molar-refractivity contribution in [2.45, 2.75) is 63.9 Å². The minimum atomic E-state index is 0.0303. The second-order valence-corrected chi connectivity index (χ2v) is 5.53. The highest BCUT2D eigenvalue weighted by Gasteiger charge is 2.43. The van der Waals surface area contributed by atoms with Crippen LogP contribution in [-0.4, -0.2) is 18.8 Å². The molecule has 2 saturated carbocycles. The van der Waals surface area contributed by atoms with Gasteiger partial charge in [-0.25, -0.2) is 0 Å². The van der Waals surface area contributed by atoms with Crippen LogP contribution in [0.15, 0.2) is 0 Å². The molecule has 0 aromatic rings. The summed E-state index contributed by atoms with van der Waals surface area (Å²) in [5, 5.41) is 0. The van der Waals surface area contributed by atoms with Gasteiger partial charge in [-0.3, -0.25) is 0 Å². The SMILES string of the molecule is CCOC1(CN)CCC2(CCCC2)CC1. The van der Waals surface area contributed by atoms with Crippen LogP contribution in [0.5, 0.6) is 0 Å². The Labute approximate surface area is 93.6 Å². The van der Waals surface area contributed by atoms with E-state index in [9.17, 15) is 0 Å². The summed E-state index contributed by atoms with van der Waals surface area (Å²) in [7, 11) is 0. The lowest BCUT2D eigenvalue weighted by Gasteiger charge is -2.44. The topological polar surface area (TPSA) is 35.2 Å². The predicted octanol–water partition coefficient (Wildman–Crippen LogP) is 2.85. The van der Waals surface area contributed by atoms with E-state index in [1.807, 2.05) is 0 Å². The van der Waals surface area contributed by atoms with Crippen LogP contribution in [0.25, 0.3) is 0 Å². The maximum atomic E-state index is 5.90. The third-order valence-electron chi connectivity index (χ3n) is 4.71. The van der Waals surface area contributed by atoms with Crippen LogP contribution in [0.2, 0.25) is 0 Å². The normalized spacial score (nSPS) is 28.4. The Kier molecular flexibility index (Phi) is 3.36. The molecule has 2 aliphatic carbocycles. The molecule has 2 rings (SSSR count). The van der Waals surface area contributed by atoms with Gasteiger partial charge in [-0.2, -0.15) is 0 Å². The quantitative estimate of drug-likeness (QED) is 0.779. The van der Waals surface area contributed by atoms with E-state index < -0.39 is 0 Å². The predicted molar refractivity (Wildman–Crippen MR) is 62.8 cm³/mol. The molecule has 88 valence electrons. The fourth-order valence-electron chi connectivity index (χ4n) is 3.57. The molecule has 0 aliphatic heterocycles. The minimum absolute atomic E-state index is 0.0303. The molecule has 0 heterocycles. The fraction of sp³-hybridized carbons (Fsp3) is 1.00. The summed E-state index contributed by atoms with van der Waals surface area (Å²) in [6.07, 6.45) is 10.9. The van der Waals surface area contributed by atoms with E-state index >= 15 is 0 Å². The molecule has 0 atom stereocenters. The van der Waals surface area contributed by atoms with Crippen LogP contribution in [0.4, 0.5) is 0 Å². The van der Waals surface area contributed by atoms with Crippen LogP contribution in [0, 0.1) is 5.41 Å². The standard InChI is InChI=1S/C13H25NO/c1-2-15-13(11-14)9-7-12(8-10-13)5-3-4-6-12/h2-11,14H2,1H3. The number of rotatable bonds is 3. The van der Waals surface area contributed by atoms with Gasteiger partial charge in [0, 0.05) is 13.2 Å². The fourth-order valence-corrected chi connectivity index (χ4v) is 3.57. The zero-order chi connectivity index (χ0) is 10.8. The molecule has 0 amide bonds. The molecule has 0 radical (unpaired) electrons. The lowest BCUT2D eigenvalue weighted by molar-refractivity contribution is -0.0804. The van der Waals surface area contributed by atoms with Crippen molar-refractivity contribution in [1.82, 2.24) is 0 Å². The summed E-state index contributed by atoms with van der Waals surface area (Å²) in [6, 6.07) is 0. The maximum Gasteiger partial charge on any atom is 0.0804 e. The second-order valence-electron chi connectivity index (χ2n) is 5.53. The van der Waals surface area contributed by atoms with Crippen LogP contribution < -0.4 is 5.73 Å². The van der Waals surface area contributed by atoms with Crippen molar-refractivity contribution >= 4 is 0 Å². The van der Waals surface area contributed by atoms with E-state index in [0.29, 0.717) is 12.0 Å². The Morgan fingerprint density at radius 2 is 1.60 bits per heavy atom. The van der Waals surface area contributed by atoms with Gasteiger partial charge in [0.15, 0.2) is 0 Å². The molecule has 0 aromatic carbocycles. The molecule has 1 spiro atoms. The molecule has 2 nitrogen and oxygen atoms in total. The number of hydrogen-bond acceptors (Lipinski definition) is 2. The molecule has 2 N–H and O–H groups in total. The zero-order valence-corrected chi connectivity index (χ0v) is 10.1. The highest BCUT2D eigenvalue weighted by atomic mass is 16.5. The zero-order valence-electron chi connectivity index (χ0n) is 10.1. The van der Waals surface area contributed by atoms with E-state index in [2.05, 4.69) is 6.92 Å². The largest absolute Gasteiger partial charge is 0.374 e. The van der Waals surface area contributed by atoms with Crippen molar-refractivity contribution < 1.29 is 4.74 Å². The van der Waals surface area contributed by atoms with Crippen molar-refractivity contribution in [2.24, 2.45) is 11.1 Å². The molecular formula is C13H25NO. The maximum absolute atomic E-state index is 5.90. The molecule has 2 fully saturated rings. The minimum Gasteiger partial charge on any atom is -0.374 e. The summed E-state index contributed by atoms with van der Waals surface area (Å²) >= 11 is 0.